The van der Waals surface area contributed by atoms with Crippen LogP contribution in [0.4, 0.5) is 5.69 Å². The van der Waals surface area contributed by atoms with E-state index in [9.17, 15) is 9.90 Å². The Morgan fingerprint density at radius 3 is 2.62 bits per heavy atom. The zero-order valence-corrected chi connectivity index (χ0v) is 21.0. The summed E-state index contributed by atoms with van der Waals surface area (Å²) in [6, 6.07) is 5.46. The average molecular weight is 539 g/mol. The summed E-state index contributed by atoms with van der Waals surface area (Å²) in [6.45, 7) is 10.3. The molecule has 0 saturated heterocycles. The number of guanidine groups is 1. The smallest absolute Gasteiger partial charge is 0.226 e. The van der Waals surface area contributed by atoms with E-state index in [2.05, 4.69) is 34.8 Å². The van der Waals surface area contributed by atoms with Crippen molar-refractivity contribution >= 4 is 53.1 Å². The van der Waals surface area contributed by atoms with Gasteiger partial charge in [0.1, 0.15) is 0 Å². The Morgan fingerprint density at radius 2 is 2.00 bits per heavy atom. The lowest BCUT2D eigenvalue weighted by atomic mass is 9.94. The quantitative estimate of drug-likeness (QED) is 0.193. The lowest BCUT2D eigenvalue weighted by Gasteiger charge is -2.17. The topological polar surface area (TPSA) is 85.8 Å². The van der Waals surface area contributed by atoms with E-state index in [0.717, 1.165) is 30.6 Å². The Labute approximate surface area is 197 Å². The van der Waals surface area contributed by atoms with E-state index in [-0.39, 0.29) is 36.5 Å². The first-order chi connectivity index (χ1) is 13.4. The number of aliphatic hydroxyl groups is 1. The number of rotatable bonds is 11. The molecule has 8 heteroatoms. The highest BCUT2D eigenvalue weighted by molar-refractivity contribution is 14.0. The summed E-state index contributed by atoms with van der Waals surface area (Å²) in [4.78, 5) is 16.8. The van der Waals surface area contributed by atoms with Gasteiger partial charge in [-0.3, -0.25) is 9.79 Å². The van der Waals surface area contributed by atoms with Crippen LogP contribution in [0.15, 0.2) is 23.2 Å². The summed E-state index contributed by atoms with van der Waals surface area (Å²) in [7, 11) is 0. The number of halogens is 2. The molecule has 0 fully saturated rings. The van der Waals surface area contributed by atoms with Gasteiger partial charge >= 0.3 is 0 Å². The van der Waals surface area contributed by atoms with E-state index in [1.54, 1.807) is 6.07 Å². The first-order valence-corrected chi connectivity index (χ1v) is 10.4. The Kier molecular flexibility index (Phi) is 15.2. The van der Waals surface area contributed by atoms with Crippen LogP contribution in [0, 0.1) is 18.8 Å². The van der Waals surface area contributed by atoms with Gasteiger partial charge in [0.25, 0.3) is 0 Å². The average Bonchev–Trinajstić information content (AvgIpc) is 2.63. The predicted molar refractivity (Wildman–Crippen MR) is 133 cm³/mol. The van der Waals surface area contributed by atoms with Gasteiger partial charge in [-0.1, -0.05) is 31.5 Å². The summed E-state index contributed by atoms with van der Waals surface area (Å²) in [5, 5.41) is 19.2. The fraction of sp³-hybridized carbons (Fsp3) is 0.619. The van der Waals surface area contributed by atoms with Crippen LogP contribution in [-0.2, 0) is 4.79 Å². The number of nitrogens with zero attached hydrogens (tertiary/aromatic N) is 1. The molecule has 1 amide bonds. The molecule has 0 aromatic heterocycles. The summed E-state index contributed by atoms with van der Waals surface area (Å²) in [5.41, 5.74) is 1.60. The second-order valence-electron chi connectivity index (χ2n) is 7.36. The monoisotopic (exact) mass is 538 g/mol. The van der Waals surface area contributed by atoms with E-state index in [1.165, 1.54) is 0 Å². The standard InChI is InChI=1S/C21H35ClN4O2.HI/c1-5-23-21(25-14-17(10-12-27)13-15(2)3)24-11-9-20(28)26-19-8-6-7-18(22)16(19)4;/h6-8,15,17,27H,5,9-14H2,1-4H3,(H,26,28)(H2,23,24,25);1H. The first-order valence-electron chi connectivity index (χ1n) is 10.0. The zero-order chi connectivity index (χ0) is 20.9. The molecule has 0 radical (unpaired) electrons. The van der Waals surface area contributed by atoms with Gasteiger partial charge in [0.2, 0.25) is 5.91 Å². The maximum atomic E-state index is 12.2. The molecule has 1 unspecified atom stereocenters. The number of aliphatic imine (C=N–C) groups is 1. The summed E-state index contributed by atoms with van der Waals surface area (Å²) in [5.74, 6) is 1.54. The van der Waals surface area contributed by atoms with Gasteiger partial charge in [-0.2, -0.15) is 0 Å². The fourth-order valence-electron chi connectivity index (χ4n) is 2.95. The molecule has 166 valence electrons. The molecule has 1 rings (SSSR count). The van der Waals surface area contributed by atoms with Crippen LogP contribution in [0.2, 0.25) is 5.02 Å². The third kappa shape index (κ3) is 11.6. The first kappa shape index (κ1) is 27.9. The minimum absolute atomic E-state index is 0. The Morgan fingerprint density at radius 1 is 1.28 bits per heavy atom. The minimum atomic E-state index is -0.0771. The van der Waals surface area contributed by atoms with Crippen molar-refractivity contribution < 1.29 is 9.90 Å². The maximum Gasteiger partial charge on any atom is 0.226 e. The molecule has 4 N–H and O–H groups in total. The van der Waals surface area contributed by atoms with Crippen molar-refractivity contribution in [1.82, 2.24) is 10.6 Å². The van der Waals surface area contributed by atoms with Gasteiger partial charge in [-0.15, -0.1) is 24.0 Å². The van der Waals surface area contributed by atoms with Crippen molar-refractivity contribution in [3.63, 3.8) is 0 Å². The van der Waals surface area contributed by atoms with Crippen LogP contribution in [0.3, 0.4) is 0 Å². The van der Waals surface area contributed by atoms with E-state index in [4.69, 9.17) is 11.6 Å². The van der Waals surface area contributed by atoms with Crippen molar-refractivity contribution in [3.8, 4) is 0 Å². The second-order valence-corrected chi connectivity index (χ2v) is 7.77. The lowest BCUT2D eigenvalue weighted by Crippen LogP contribution is -2.39. The summed E-state index contributed by atoms with van der Waals surface area (Å²) >= 11 is 6.09. The lowest BCUT2D eigenvalue weighted by molar-refractivity contribution is -0.116. The highest BCUT2D eigenvalue weighted by Crippen LogP contribution is 2.22. The summed E-state index contributed by atoms with van der Waals surface area (Å²) < 4.78 is 0. The summed E-state index contributed by atoms with van der Waals surface area (Å²) in [6.07, 6.45) is 2.11. The van der Waals surface area contributed by atoms with Gasteiger partial charge in [0.05, 0.1) is 0 Å². The number of anilines is 1. The highest BCUT2D eigenvalue weighted by Gasteiger charge is 2.11. The van der Waals surface area contributed by atoms with E-state index < -0.39 is 0 Å². The van der Waals surface area contributed by atoms with E-state index >= 15 is 0 Å². The predicted octanol–water partition coefficient (Wildman–Crippen LogP) is 4.19. The molecule has 0 bridgehead atoms. The molecule has 0 aliphatic rings. The molecular weight excluding hydrogens is 503 g/mol. The van der Waals surface area contributed by atoms with Gasteiger partial charge in [0.15, 0.2) is 5.96 Å². The highest BCUT2D eigenvalue weighted by atomic mass is 127. The molecule has 1 atom stereocenters. The van der Waals surface area contributed by atoms with Crippen molar-refractivity contribution in [2.45, 2.75) is 47.0 Å². The van der Waals surface area contributed by atoms with Gasteiger partial charge < -0.3 is 21.1 Å². The second kappa shape index (κ2) is 15.7. The van der Waals surface area contributed by atoms with Crippen LogP contribution in [0.5, 0.6) is 0 Å². The molecule has 29 heavy (non-hydrogen) atoms. The maximum absolute atomic E-state index is 12.2. The van der Waals surface area contributed by atoms with E-state index in [0.29, 0.717) is 42.3 Å². The SMILES string of the molecule is CCNC(=NCC(CCO)CC(C)C)NCCC(=O)Nc1cccc(Cl)c1C.I. The normalized spacial score (nSPS) is 12.3. The van der Waals surface area contributed by atoms with Gasteiger partial charge in [0, 0.05) is 43.4 Å². The number of carbonyl (C=O) groups excluding carboxylic acids is 1. The van der Waals surface area contributed by atoms with E-state index in [1.807, 2.05) is 26.0 Å². The van der Waals surface area contributed by atoms with Crippen LogP contribution >= 0.6 is 35.6 Å². The number of aliphatic hydroxyl groups excluding tert-OH is 1. The number of amides is 1. The number of carbonyl (C=O) groups is 1. The van der Waals surface area contributed by atoms with Crippen LogP contribution < -0.4 is 16.0 Å². The minimum Gasteiger partial charge on any atom is -0.396 e. The Hall–Kier alpha value is -1.06. The number of benzene rings is 1. The Balaban J connectivity index is 0.00000784. The van der Waals surface area contributed by atoms with Crippen molar-refractivity contribution in [3.05, 3.63) is 28.8 Å². The van der Waals surface area contributed by atoms with Crippen LogP contribution in [0.1, 0.15) is 45.6 Å². The molecule has 0 saturated carbocycles. The van der Waals surface area contributed by atoms with Gasteiger partial charge in [-0.25, -0.2) is 0 Å². The molecule has 1 aromatic carbocycles. The van der Waals surface area contributed by atoms with Crippen molar-refractivity contribution in [2.24, 2.45) is 16.8 Å². The molecule has 0 heterocycles. The fourth-order valence-corrected chi connectivity index (χ4v) is 3.12. The molecule has 0 aliphatic heterocycles. The Bertz CT molecular complexity index is 641. The van der Waals surface area contributed by atoms with Crippen molar-refractivity contribution in [2.75, 3.05) is 31.6 Å². The van der Waals surface area contributed by atoms with Gasteiger partial charge in [-0.05, 0) is 56.2 Å². The number of hydrogen-bond acceptors (Lipinski definition) is 3. The number of nitrogens with one attached hydrogen (secondary N) is 3. The molecule has 1 aromatic rings. The molecule has 0 aliphatic carbocycles. The molecule has 6 nitrogen and oxygen atoms in total. The van der Waals surface area contributed by atoms with Crippen LogP contribution in [-0.4, -0.2) is 43.2 Å². The third-order valence-corrected chi connectivity index (χ3v) is 4.79. The molecule has 0 spiro atoms. The van der Waals surface area contributed by atoms with Crippen molar-refractivity contribution in [1.29, 1.82) is 0 Å². The largest absolute Gasteiger partial charge is 0.396 e. The molecular formula is C21H36ClIN4O2. The number of hydrogen-bond donors (Lipinski definition) is 4. The third-order valence-electron chi connectivity index (χ3n) is 4.38. The van der Waals surface area contributed by atoms with Crippen LogP contribution in [0.25, 0.3) is 0 Å². The zero-order valence-electron chi connectivity index (χ0n) is 17.9.